The molecule has 0 aliphatic heterocycles. The van der Waals surface area contributed by atoms with Gasteiger partial charge in [-0.25, -0.2) is 0 Å². The van der Waals surface area contributed by atoms with Crippen molar-refractivity contribution in [3.63, 3.8) is 0 Å². The van der Waals surface area contributed by atoms with Crippen LogP contribution in [0.25, 0.3) is 0 Å². The van der Waals surface area contributed by atoms with E-state index in [1.165, 1.54) is 11.1 Å². The Kier molecular flexibility index (Phi) is 9.81. The first-order valence-electron chi connectivity index (χ1n) is 12.2. The molecular weight excluding hydrogens is 444 g/mol. The highest BCUT2D eigenvalue weighted by molar-refractivity contribution is 5.59. The number of fused-ring (bicyclic) bond motifs is 1. The van der Waals surface area contributed by atoms with Crippen molar-refractivity contribution >= 4 is 6.29 Å². The van der Waals surface area contributed by atoms with Crippen LogP contribution in [0.15, 0.2) is 24.3 Å². The number of ether oxygens (including phenoxy) is 4. The molecule has 0 bridgehead atoms. The van der Waals surface area contributed by atoms with Gasteiger partial charge in [0.25, 0.3) is 0 Å². The van der Waals surface area contributed by atoms with Gasteiger partial charge in [-0.1, -0.05) is 0 Å². The van der Waals surface area contributed by atoms with Crippen LogP contribution >= 0.6 is 0 Å². The second-order valence-corrected chi connectivity index (χ2v) is 9.32. The third-order valence-corrected chi connectivity index (χ3v) is 6.94. The summed E-state index contributed by atoms with van der Waals surface area (Å²) in [7, 11) is 11.0. The summed E-state index contributed by atoms with van der Waals surface area (Å²) in [4.78, 5) is 15.9. The fraction of sp³-hybridized carbons (Fsp3) is 0.536. The molecule has 0 aromatic heterocycles. The molecule has 0 heterocycles. The number of methoxy groups -OCH3 is 4. The van der Waals surface area contributed by atoms with E-state index >= 15 is 0 Å². The molecular formula is C28H40N2O5. The van der Waals surface area contributed by atoms with E-state index in [9.17, 15) is 4.79 Å². The zero-order chi connectivity index (χ0) is 25.4. The molecule has 7 heteroatoms. The molecule has 2 aromatic rings. The number of carbonyl (C=O) groups is 1. The lowest BCUT2D eigenvalue weighted by molar-refractivity contribution is -0.107. The first-order valence-corrected chi connectivity index (χ1v) is 12.2. The van der Waals surface area contributed by atoms with Gasteiger partial charge in [-0.05, 0) is 93.0 Å². The van der Waals surface area contributed by atoms with Gasteiger partial charge in [0, 0.05) is 25.4 Å². The van der Waals surface area contributed by atoms with Crippen LogP contribution in [0.3, 0.4) is 0 Å². The monoisotopic (exact) mass is 484 g/mol. The molecule has 0 saturated carbocycles. The number of hydrogen-bond acceptors (Lipinski definition) is 7. The average molecular weight is 485 g/mol. The molecule has 35 heavy (non-hydrogen) atoms. The van der Waals surface area contributed by atoms with Crippen LogP contribution in [0.5, 0.6) is 23.0 Å². The van der Waals surface area contributed by atoms with Gasteiger partial charge in [0.15, 0.2) is 23.0 Å². The van der Waals surface area contributed by atoms with Crippen molar-refractivity contribution in [1.82, 2.24) is 9.80 Å². The second-order valence-electron chi connectivity index (χ2n) is 9.32. The van der Waals surface area contributed by atoms with Crippen molar-refractivity contribution in [2.75, 3.05) is 68.7 Å². The molecule has 1 atom stereocenters. The molecule has 2 aromatic carbocycles. The van der Waals surface area contributed by atoms with Crippen LogP contribution in [-0.4, -0.2) is 84.8 Å². The highest BCUT2D eigenvalue weighted by atomic mass is 16.5. The Balaban J connectivity index is 1.45. The Labute approximate surface area is 209 Å². The number of likely N-dealkylation sites (N-methyl/N-ethyl adjacent to an activating group) is 2. The Morgan fingerprint density at radius 3 is 2.00 bits per heavy atom. The molecule has 0 radical (unpaired) electrons. The normalized spacial score (nSPS) is 14.5. The summed E-state index contributed by atoms with van der Waals surface area (Å²) in [5.41, 5.74) is 4.88. The first-order chi connectivity index (χ1) is 16.9. The SMILES string of the molecule is COc1cc(CC=O)c(CCN(C)CCCN(C)C[C@H]2Cc3cc(OC)c(OC)cc32)cc1OC. The molecule has 1 aliphatic carbocycles. The second kappa shape index (κ2) is 12.8. The Bertz CT molecular complexity index is 994. The molecule has 0 saturated heterocycles. The molecule has 7 nitrogen and oxygen atoms in total. The summed E-state index contributed by atoms with van der Waals surface area (Å²) >= 11 is 0. The van der Waals surface area contributed by atoms with E-state index in [1.807, 2.05) is 12.1 Å². The van der Waals surface area contributed by atoms with Crippen molar-refractivity contribution < 1.29 is 23.7 Å². The molecule has 0 unspecified atom stereocenters. The first kappa shape index (κ1) is 26.8. The van der Waals surface area contributed by atoms with E-state index in [-0.39, 0.29) is 0 Å². The number of nitrogens with zero attached hydrogens (tertiary/aromatic N) is 2. The zero-order valence-corrected chi connectivity index (χ0v) is 22.1. The minimum absolute atomic E-state index is 0.382. The van der Waals surface area contributed by atoms with E-state index in [0.29, 0.717) is 23.8 Å². The van der Waals surface area contributed by atoms with Gasteiger partial charge in [-0.15, -0.1) is 0 Å². The third kappa shape index (κ3) is 6.67. The van der Waals surface area contributed by atoms with E-state index in [2.05, 4.69) is 36.0 Å². The molecule has 0 spiro atoms. The topological polar surface area (TPSA) is 60.5 Å². The Morgan fingerprint density at radius 2 is 1.37 bits per heavy atom. The third-order valence-electron chi connectivity index (χ3n) is 6.94. The quantitative estimate of drug-likeness (QED) is 0.358. The minimum Gasteiger partial charge on any atom is -0.493 e. The van der Waals surface area contributed by atoms with Gasteiger partial charge in [-0.3, -0.25) is 0 Å². The van der Waals surface area contributed by atoms with Gasteiger partial charge in [0.2, 0.25) is 0 Å². The fourth-order valence-electron chi connectivity index (χ4n) is 4.88. The fourth-order valence-corrected chi connectivity index (χ4v) is 4.88. The van der Waals surface area contributed by atoms with Crippen molar-refractivity contribution in [2.45, 2.75) is 31.6 Å². The number of rotatable bonds is 15. The standard InChI is InChI=1S/C28H40N2O5/c1-29(12-8-20-15-25(32-3)26(33-4)16-21(20)9-13-31)10-7-11-30(2)19-23-14-22-17-27(34-5)28(35-6)18-24(22)23/h13,15-18,23H,7-12,14,19H2,1-6H3/t23-/m1/s1. The van der Waals surface area contributed by atoms with E-state index < -0.39 is 0 Å². The summed E-state index contributed by atoms with van der Waals surface area (Å²) < 4.78 is 21.7. The highest BCUT2D eigenvalue weighted by Crippen LogP contribution is 2.42. The summed E-state index contributed by atoms with van der Waals surface area (Å²) in [6.07, 6.45) is 4.38. The van der Waals surface area contributed by atoms with Crippen molar-refractivity contribution in [1.29, 1.82) is 0 Å². The van der Waals surface area contributed by atoms with Gasteiger partial charge >= 0.3 is 0 Å². The maximum atomic E-state index is 11.2. The highest BCUT2D eigenvalue weighted by Gasteiger charge is 2.29. The van der Waals surface area contributed by atoms with Crippen LogP contribution < -0.4 is 18.9 Å². The number of aldehydes is 1. The van der Waals surface area contributed by atoms with Crippen molar-refractivity contribution in [3.8, 4) is 23.0 Å². The Morgan fingerprint density at radius 1 is 0.800 bits per heavy atom. The predicted octanol–water partition coefficient (Wildman–Crippen LogP) is 3.60. The average Bonchev–Trinajstić information content (AvgIpc) is 2.85. The lowest BCUT2D eigenvalue weighted by atomic mass is 9.77. The summed E-state index contributed by atoms with van der Waals surface area (Å²) in [5.74, 6) is 3.54. The lowest BCUT2D eigenvalue weighted by Crippen LogP contribution is -2.33. The Hall–Kier alpha value is -2.77. The summed E-state index contributed by atoms with van der Waals surface area (Å²) in [6, 6.07) is 8.16. The van der Waals surface area contributed by atoms with E-state index in [0.717, 1.165) is 74.4 Å². The van der Waals surface area contributed by atoms with Crippen molar-refractivity contribution in [3.05, 3.63) is 46.5 Å². The number of benzene rings is 2. The lowest BCUT2D eigenvalue weighted by Gasteiger charge is -2.34. The van der Waals surface area contributed by atoms with Gasteiger partial charge in [-0.2, -0.15) is 0 Å². The molecule has 1 aliphatic rings. The van der Waals surface area contributed by atoms with Gasteiger partial charge in [0.1, 0.15) is 6.29 Å². The molecule has 0 amide bonds. The maximum absolute atomic E-state index is 11.2. The van der Waals surface area contributed by atoms with Crippen LogP contribution in [0.1, 0.15) is 34.6 Å². The minimum atomic E-state index is 0.382. The molecule has 0 fully saturated rings. The van der Waals surface area contributed by atoms with Crippen molar-refractivity contribution in [2.24, 2.45) is 0 Å². The van der Waals surface area contributed by atoms with Crippen LogP contribution in [0, 0.1) is 0 Å². The van der Waals surface area contributed by atoms with Crippen LogP contribution in [-0.2, 0) is 24.1 Å². The zero-order valence-electron chi connectivity index (χ0n) is 22.1. The number of hydrogen-bond donors (Lipinski definition) is 0. The van der Waals surface area contributed by atoms with Crippen LogP contribution in [0.4, 0.5) is 0 Å². The van der Waals surface area contributed by atoms with E-state index in [1.54, 1.807) is 28.4 Å². The molecule has 0 N–H and O–H groups in total. The largest absolute Gasteiger partial charge is 0.493 e. The summed E-state index contributed by atoms with van der Waals surface area (Å²) in [6.45, 7) is 4.04. The van der Waals surface area contributed by atoms with E-state index in [4.69, 9.17) is 18.9 Å². The number of carbonyl (C=O) groups excluding carboxylic acids is 1. The molecule has 192 valence electrons. The maximum Gasteiger partial charge on any atom is 0.161 e. The van der Waals surface area contributed by atoms with Crippen LogP contribution in [0.2, 0.25) is 0 Å². The predicted molar refractivity (Wildman–Crippen MR) is 139 cm³/mol. The summed E-state index contributed by atoms with van der Waals surface area (Å²) in [5, 5.41) is 0. The van der Waals surface area contributed by atoms with Gasteiger partial charge in [0.05, 0.1) is 28.4 Å². The smallest absolute Gasteiger partial charge is 0.161 e. The van der Waals surface area contributed by atoms with Gasteiger partial charge < -0.3 is 33.5 Å². The molecule has 3 rings (SSSR count).